The molecule has 1 saturated carbocycles. The lowest BCUT2D eigenvalue weighted by atomic mass is 9.89. The number of benzene rings is 1. The zero-order chi connectivity index (χ0) is 13.7. The maximum absolute atomic E-state index is 11.9. The third kappa shape index (κ3) is 4.48. The van der Waals surface area contributed by atoms with Crippen LogP contribution in [0.2, 0.25) is 0 Å². The van der Waals surface area contributed by atoms with Gasteiger partial charge in [-0.05, 0) is 18.4 Å². The summed E-state index contributed by atoms with van der Waals surface area (Å²) in [6, 6.07) is 9.14. The van der Waals surface area contributed by atoms with Gasteiger partial charge in [-0.1, -0.05) is 30.3 Å². The Morgan fingerprint density at radius 1 is 1.32 bits per heavy atom. The first-order chi connectivity index (χ1) is 9.13. The Morgan fingerprint density at radius 2 is 2.00 bits per heavy atom. The number of hydrogen-bond acceptors (Lipinski definition) is 3. The van der Waals surface area contributed by atoms with Crippen molar-refractivity contribution in [2.24, 2.45) is 0 Å². The van der Waals surface area contributed by atoms with Crippen molar-refractivity contribution in [1.29, 1.82) is 0 Å². The van der Waals surface area contributed by atoms with Crippen molar-refractivity contribution in [2.75, 3.05) is 0 Å². The number of rotatable bonds is 5. The van der Waals surface area contributed by atoms with E-state index in [1.807, 2.05) is 30.3 Å². The predicted molar refractivity (Wildman–Crippen MR) is 63.7 cm³/mol. The van der Waals surface area contributed by atoms with Gasteiger partial charge in [-0.15, -0.1) is 0 Å². The molecule has 0 bridgehead atoms. The van der Waals surface area contributed by atoms with E-state index in [0.29, 0.717) is 12.8 Å². The summed E-state index contributed by atoms with van der Waals surface area (Å²) in [5.74, 6) is 0. The van der Waals surface area contributed by atoms with E-state index in [4.69, 9.17) is 4.74 Å². The second kappa shape index (κ2) is 6.47. The van der Waals surface area contributed by atoms with Crippen LogP contribution in [0.25, 0.3) is 0 Å². The van der Waals surface area contributed by atoms with E-state index in [1.54, 1.807) is 0 Å². The monoisotopic (exact) mass is 271 g/mol. The molecule has 4 nitrogen and oxygen atoms in total. The van der Waals surface area contributed by atoms with Gasteiger partial charge in [0, 0.05) is 6.04 Å². The summed E-state index contributed by atoms with van der Waals surface area (Å²) in [5.41, 5.74) is 0.894. The lowest BCUT2D eigenvalue weighted by molar-refractivity contribution is -0.185. The van der Waals surface area contributed by atoms with Crippen LogP contribution in [-0.4, -0.2) is 24.9 Å². The third-order valence-electron chi connectivity index (χ3n) is 2.92. The summed E-state index contributed by atoms with van der Waals surface area (Å²) in [6.45, 7) is -2.56. The molecule has 0 heterocycles. The standard InChI is InChI=1S/C13H15F2NO3/c14-12(15)19-11-6-10(7-11)16-13(17)18-8-9-4-2-1-3-5-9/h1-5,10-12H,6-8H2,(H,16,17). The molecule has 0 saturated heterocycles. The zero-order valence-electron chi connectivity index (χ0n) is 10.2. The fourth-order valence-electron chi connectivity index (χ4n) is 1.87. The van der Waals surface area contributed by atoms with Crippen molar-refractivity contribution in [1.82, 2.24) is 5.32 Å². The highest BCUT2D eigenvalue weighted by molar-refractivity contribution is 5.67. The highest BCUT2D eigenvalue weighted by atomic mass is 19.3. The molecule has 1 fully saturated rings. The Morgan fingerprint density at radius 3 is 2.63 bits per heavy atom. The molecule has 6 heteroatoms. The Labute approximate surface area is 109 Å². The minimum absolute atomic E-state index is 0.146. The number of halogens is 2. The molecule has 0 aliphatic heterocycles. The minimum atomic E-state index is -2.75. The van der Waals surface area contributed by atoms with E-state index in [1.165, 1.54) is 0 Å². The van der Waals surface area contributed by atoms with Gasteiger partial charge in [0.2, 0.25) is 0 Å². The molecule has 1 aliphatic carbocycles. The summed E-state index contributed by atoms with van der Waals surface area (Å²) in [4.78, 5) is 11.4. The normalized spacial score (nSPS) is 21.8. The Balaban J connectivity index is 1.61. The first kappa shape index (κ1) is 13.7. The molecule has 1 N–H and O–H groups in total. The van der Waals surface area contributed by atoms with E-state index in [0.717, 1.165) is 5.56 Å². The first-order valence-electron chi connectivity index (χ1n) is 6.04. The number of hydrogen-bond donors (Lipinski definition) is 1. The topological polar surface area (TPSA) is 47.6 Å². The van der Waals surface area contributed by atoms with Gasteiger partial charge in [-0.2, -0.15) is 8.78 Å². The fraction of sp³-hybridized carbons (Fsp3) is 0.462. The molecule has 1 aromatic carbocycles. The lowest BCUT2D eigenvalue weighted by Crippen LogP contribution is -2.48. The maximum atomic E-state index is 11.9. The van der Waals surface area contributed by atoms with Crippen molar-refractivity contribution in [3.05, 3.63) is 35.9 Å². The van der Waals surface area contributed by atoms with Crippen LogP contribution in [0.3, 0.4) is 0 Å². The number of amides is 1. The summed E-state index contributed by atoms with van der Waals surface area (Å²) >= 11 is 0. The number of carbonyl (C=O) groups excluding carboxylic acids is 1. The van der Waals surface area contributed by atoms with Gasteiger partial charge in [0.15, 0.2) is 0 Å². The van der Waals surface area contributed by atoms with E-state index < -0.39 is 18.8 Å². The average Bonchev–Trinajstić information content (AvgIpc) is 2.34. The SMILES string of the molecule is O=C(NC1CC(OC(F)F)C1)OCc1ccccc1. The van der Waals surface area contributed by atoms with Gasteiger partial charge in [0.05, 0.1) is 6.10 Å². The largest absolute Gasteiger partial charge is 0.445 e. The minimum Gasteiger partial charge on any atom is -0.445 e. The van der Waals surface area contributed by atoms with E-state index in [9.17, 15) is 13.6 Å². The summed E-state index contributed by atoms with van der Waals surface area (Å²) in [5, 5.41) is 2.60. The molecule has 0 radical (unpaired) electrons. The van der Waals surface area contributed by atoms with E-state index in [-0.39, 0.29) is 12.6 Å². The number of carbonyl (C=O) groups is 1. The van der Waals surface area contributed by atoms with Crippen molar-refractivity contribution in [2.45, 2.75) is 38.2 Å². The van der Waals surface area contributed by atoms with Gasteiger partial charge in [-0.3, -0.25) is 0 Å². The van der Waals surface area contributed by atoms with Gasteiger partial charge >= 0.3 is 12.7 Å². The first-order valence-corrected chi connectivity index (χ1v) is 6.04. The van der Waals surface area contributed by atoms with Gasteiger partial charge in [0.1, 0.15) is 6.61 Å². The van der Waals surface area contributed by atoms with E-state index >= 15 is 0 Å². The molecule has 104 valence electrons. The molecule has 0 spiro atoms. The molecule has 1 aliphatic rings. The van der Waals surface area contributed by atoms with Crippen LogP contribution in [-0.2, 0) is 16.1 Å². The predicted octanol–water partition coefficient (Wildman–Crippen LogP) is 2.68. The number of alkyl halides is 2. The lowest BCUT2D eigenvalue weighted by Gasteiger charge is -2.34. The van der Waals surface area contributed by atoms with Crippen LogP contribution in [0.1, 0.15) is 18.4 Å². The highest BCUT2D eigenvalue weighted by Gasteiger charge is 2.33. The van der Waals surface area contributed by atoms with Gasteiger partial charge < -0.3 is 14.8 Å². The van der Waals surface area contributed by atoms with Crippen molar-refractivity contribution in [3.63, 3.8) is 0 Å². The number of alkyl carbamates (subject to hydrolysis) is 1. The Bertz CT molecular complexity index is 408. The van der Waals surface area contributed by atoms with Crippen molar-refractivity contribution in [3.8, 4) is 0 Å². The zero-order valence-corrected chi connectivity index (χ0v) is 10.2. The molecular formula is C13H15F2NO3. The smallest absolute Gasteiger partial charge is 0.407 e. The van der Waals surface area contributed by atoms with Crippen LogP contribution in [0.15, 0.2) is 30.3 Å². The number of ether oxygens (including phenoxy) is 2. The summed E-state index contributed by atoms with van der Waals surface area (Å²) in [7, 11) is 0. The van der Waals surface area contributed by atoms with Crippen LogP contribution < -0.4 is 5.32 Å². The highest BCUT2D eigenvalue weighted by Crippen LogP contribution is 2.25. The Hall–Kier alpha value is -1.69. The van der Waals surface area contributed by atoms with Crippen molar-refractivity contribution < 1.29 is 23.0 Å². The van der Waals surface area contributed by atoms with E-state index in [2.05, 4.69) is 10.1 Å². The summed E-state index contributed by atoms with van der Waals surface area (Å²) < 4.78 is 33.1. The van der Waals surface area contributed by atoms with Crippen LogP contribution in [0.4, 0.5) is 13.6 Å². The molecule has 1 aromatic rings. The fourth-order valence-corrected chi connectivity index (χ4v) is 1.87. The van der Waals surface area contributed by atoms with Crippen LogP contribution in [0, 0.1) is 0 Å². The molecule has 0 aromatic heterocycles. The van der Waals surface area contributed by atoms with Crippen LogP contribution >= 0.6 is 0 Å². The maximum Gasteiger partial charge on any atom is 0.407 e. The van der Waals surface area contributed by atoms with Crippen LogP contribution in [0.5, 0.6) is 0 Å². The summed E-state index contributed by atoms with van der Waals surface area (Å²) in [6.07, 6.45) is -0.223. The Kier molecular flexibility index (Phi) is 4.68. The molecule has 2 rings (SSSR count). The molecular weight excluding hydrogens is 256 g/mol. The third-order valence-corrected chi connectivity index (χ3v) is 2.92. The molecule has 19 heavy (non-hydrogen) atoms. The quantitative estimate of drug-likeness (QED) is 0.895. The number of nitrogens with one attached hydrogen (secondary N) is 1. The van der Waals surface area contributed by atoms with Gasteiger partial charge in [-0.25, -0.2) is 4.79 Å². The van der Waals surface area contributed by atoms with Gasteiger partial charge in [0.25, 0.3) is 0 Å². The average molecular weight is 271 g/mol. The second-order valence-electron chi connectivity index (χ2n) is 4.39. The molecule has 0 atom stereocenters. The molecule has 0 unspecified atom stereocenters. The molecule has 1 amide bonds. The van der Waals surface area contributed by atoms with Crippen molar-refractivity contribution >= 4 is 6.09 Å². The second-order valence-corrected chi connectivity index (χ2v) is 4.39.